The first-order valence-corrected chi connectivity index (χ1v) is 13.7. The zero-order chi connectivity index (χ0) is 29.2. The Labute approximate surface area is 234 Å². The van der Waals surface area contributed by atoms with Crippen molar-refractivity contribution in [2.45, 2.75) is 63.3 Å². The number of methoxy groups -OCH3 is 1. The van der Waals surface area contributed by atoms with Gasteiger partial charge in [0.2, 0.25) is 5.88 Å². The summed E-state index contributed by atoms with van der Waals surface area (Å²) in [6.45, 7) is 8.45. The van der Waals surface area contributed by atoms with Crippen molar-refractivity contribution >= 4 is 35.0 Å². The van der Waals surface area contributed by atoms with Crippen LogP contribution in [0.5, 0.6) is 5.88 Å². The minimum atomic E-state index is -4.74. The van der Waals surface area contributed by atoms with Crippen LogP contribution in [-0.2, 0) is 11.3 Å². The van der Waals surface area contributed by atoms with E-state index in [1.807, 2.05) is 18.4 Å². The molecule has 0 bridgehead atoms. The van der Waals surface area contributed by atoms with Gasteiger partial charge in [-0.3, -0.25) is 9.69 Å². The first-order chi connectivity index (χ1) is 19.0. The van der Waals surface area contributed by atoms with Crippen molar-refractivity contribution < 1.29 is 22.7 Å². The number of alkyl halides is 3. The van der Waals surface area contributed by atoms with Crippen LogP contribution in [0.25, 0.3) is 5.70 Å². The van der Waals surface area contributed by atoms with Gasteiger partial charge < -0.3 is 10.1 Å². The van der Waals surface area contributed by atoms with E-state index in [0.29, 0.717) is 21.7 Å². The van der Waals surface area contributed by atoms with E-state index >= 15 is 0 Å². The zero-order valence-electron chi connectivity index (χ0n) is 22.8. The molecule has 0 spiro atoms. The van der Waals surface area contributed by atoms with Crippen molar-refractivity contribution in [3.8, 4) is 5.88 Å². The summed E-state index contributed by atoms with van der Waals surface area (Å²) in [5, 5.41) is 3.71. The fourth-order valence-corrected chi connectivity index (χ4v) is 4.44. The number of nitrogens with zero attached hydrogens (tertiary/aromatic N) is 6. The van der Waals surface area contributed by atoms with Crippen LogP contribution in [0.1, 0.15) is 56.4 Å². The second-order valence-corrected chi connectivity index (χ2v) is 10.4. The zero-order valence-corrected chi connectivity index (χ0v) is 23.7. The van der Waals surface area contributed by atoms with E-state index in [0.717, 1.165) is 30.4 Å². The number of carbonyl (C=O) groups is 1. The Balaban J connectivity index is 1.78. The maximum absolute atomic E-state index is 14.1. The molecule has 2 aliphatic rings. The number of ether oxygens (including phenoxy) is 1. The lowest BCUT2D eigenvalue weighted by Gasteiger charge is -2.35. The summed E-state index contributed by atoms with van der Waals surface area (Å²) in [6.07, 6.45) is 1.97. The number of allylic oxidation sites excluding steroid dienone is 1. The molecular formula is C27H30F3N7O2S. The normalized spacial score (nSPS) is 17.6. The van der Waals surface area contributed by atoms with Crippen LogP contribution in [0.15, 0.2) is 57.5 Å². The molecule has 1 N–H and O–H groups in total. The van der Waals surface area contributed by atoms with Crippen LogP contribution in [0.4, 0.5) is 13.2 Å². The predicted molar refractivity (Wildman–Crippen MR) is 148 cm³/mol. The van der Waals surface area contributed by atoms with Crippen molar-refractivity contribution in [2.24, 2.45) is 9.98 Å². The molecule has 1 fully saturated rings. The Morgan fingerprint density at radius 2 is 2.00 bits per heavy atom. The Bertz CT molecular complexity index is 1400. The van der Waals surface area contributed by atoms with E-state index in [4.69, 9.17) is 4.74 Å². The van der Waals surface area contributed by atoms with Crippen molar-refractivity contribution in [2.75, 3.05) is 13.4 Å². The summed E-state index contributed by atoms with van der Waals surface area (Å²) in [5.41, 5.74) is 2.55. The standard InChI is InChI=1S/C27H30F3N7O2S/c1-14(2)21-24(35-15(3)20-22(18-8-9-18)33-13-34-25(20)39-5)37(16(4)27(28,29)30)26(38)23(36-21)32-12-17-7-10-19(40-6)31-11-17/h7,10-11,13,16,18H,3,8-9,12H2,1-2,4-6H3,(H,32,36)/b35-24+/t16-/m0/s1. The molecule has 0 radical (unpaired) electrons. The number of carbonyl (C=O) groups excluding carboxylic acids is 1. The highest BCUT2D eigenvalue weighted by Crippen LogP contribution is 2.44. The number of hydrogen-bond donors (Lipinski definition) is 1. The number of pyridine rings is 1. The monoisotopic (exact) mass is 573 g/mol. The molecular weight excluding hydrogens is 543 g/mol. The first-order valence-electron chi connectivity index (χ1n) is 12.5. The quantitative estimate of drug-likeness (QED) is 0.437. The maximum atomic E-state index is 14.1. The number of halogens is 3. The number of aliphatic imine (C=N–C) groups is 2. The smallest absolute Gasteiger partial charge is 0.409 e. The van der Waals surface area contributed by atoms with E-state index in [1.165, 1.54) is 25.2 Å². The summed E-state index contributed by atoms with van der Waals surface area (Å²) in [7, 11) is 1.43. The van der Waals surface area contributed by atoms with Gasteiger partial charge in [-0.25, -0.2) is 24.9 Å². The summed E-state index contributed by atoms with van der Waals surface area (Å²) in [5.74, 6) is -1.10. The second kappa shape index (κ2) is 11.8. The second-order valence-electron chi connectivity index (χ2n) is 9.56. The van der Waals surface area contributed by atoms with E-state index in [2.05, 4.69) is 36.8 Å². The number of amidine groups is 2. The third kappa shape index (κ3) is 6.19. The van der Waals surface area contributed by atoms with Gasteiger partial charge in [0.15, 0.2) is 11.7 Å². The Hall–Kier alpha value is -3.74. The fourth-order valence-electron chi connectivity index (χ4n) is 4.08. The van der Waals surface area contributed by atoms with Gasteiger partial charge in [0.25, 0.3) is 5.91 Å². The molecule has 9 nitrogen and oxygen atoms in total. The molecule has 13 heteroatoms. The molecule has 2 aromatic heterocycles. The molecule has 0 saturated heterocycles. The van der Waals surface area contributed by atoms with Crippen LogP contribution in [-0.4, -0.2) is 63.0 Å². The lowest BCUT2D eigenvalue weighted by Crippen LogP contribution is -2.57. The van der Waals surface area contributed by atoms with Crippen LogP contribution in [0.3, 0.4) is 0 Å². The van der Waals surface area contributed by atoms with Crippen molar-refractivity contribution in [1.29, 1.82) is 0 Å². The number of thioether (sulfide) groups is 1. The fraction of sp³-hybridized carbons (Fsp3) is 0.407. The van der Waals surface area contributed by atoms with Crippen molar-refractivity contribution in [1.82, 2.24) is 25.2 Å². The van der Waals surface area contributed by atoms with Crippen LogP contribution >= 0.6 is 11.8 Å². The molecule has 3 heterocycles. The van der Waals surface area contributed by atoms with Gasteiger partial charge in [0.1, 0.15) is 18.1 Å². The third-order valence-electron chi connectivity index (χ3n) is 6.41. The summed E-state index contributed by atoms with van der Waals surface area (Å²) >= 11 is 1.48. The highest BCUT2D eigenvalue weighted by Gasteiger charge is 2.47. The van der Waals surface area contributed by atoms with Crippen molar-refractivity contribution in [3.63, 3.8) is 0 Å². The highest BCUT2D eigenvalue weighted by molar-refractivity contribution is 7.98. The van der Waals surface area contributed by atoms with Crippen molar-refractivity contribution in [3.05, 3.63) is 59.3 Å². The average Bonchev–Trinajstić information content (AvgIpc) is 3.77. The summed E-state index contributed by atoms with van der Waals surface area (Å²) in [6, 6.07) is 1.44. The first kappa shape index (κ1) is 29.2. The third-order valence-corrected chi connectivity index (χ3v) is 7.07. The summed E-state index contributed by atoms with van der Waals surface area (Å²) < 4.78 is 47.8. The van der Waals surface area contributed by atoms with Gasteiger partial charge in [0.05, 0.1) is 29.1 Å². The van der Waals surface area contributed by atoms with E-state index in [1.54, 1.807) is 20.0 Å². The van der Waals surface area contributed by atoms with Gasteiger partial charge in [-0.1, -0.05) is 12.6 Å². The van der Waals surface area contributed by atoms with E-state index in [-0.39, 0.29) is 41.4 Å². The molecule has 0 unspecified atom stereocenters. The molecule has 1 amide bonds. The molecule has 1 aliphatic carbocycles. The predicted octanol–water partition coefficient (Wildman–Crippen LogP) is 5.12. The Morgan fingerprint density at radius 1 is 1.27 bits per heavy atom. The summed E-state index contributed by atoms with van der Waals surface area (Å²) in [4.78, 5) is 35.9. The Morgan fingerprint density at radius 3 is 2.55 bits per heavy atom. The van der Waals surface area contributed by atoms with Gasteiger partial charge in [-0.05, 0) is 57.1 Å². The molecule has 0 aromatic carbocycles. The van der Waals surface area contributed by atoms with Gasteiger partial charge in [-0.15, -0.1) is 11.8 Å². The Kier molecular flexibility index (Phi) is 8.62. The largest absolute Gasteiger partial charge is 0.480 e. The lowest BCUT2D eigenvalue weighted by molar-refractivity contribution is -0.173. The van der Waals surface area contributed by atoms with Gasteiger partial charge in [0, 0.05) is 18.7 Å². The number of nitrogens with one attached hydrogen (secondary N) is 1. The van der Waals surface area contributed by atoms with Crippen LogP contribution in [0, 0.1) is 0 Å². The molecule has 2 aromatic rings. The number of amides is 1. The molecule has 40 heavy (non-hydrogen) atoms. The molecule has 212 valence electrons. The molecule has 1 atom stereocenters. The molecule has 1 aliphatic heterocycles. The van der Waals surface area contributed by atoms with Gasteiger partial charge in [-0.2, -0.15) is 13.2 Å². The minimum Gasteiger partial charge on any atom is -0.480 e. The number of hydrogen-bond acceptors (Lipinski definition) is 9. The van der Waals surface area contributed by atoms with E-state index in [9.17, 15) is 18.0 Å². The molecule has 4 rings (SSSR count). The lowest BCUT2D eigenvalue weighted by atomic mass is 10.1. The maximum Gasteiger partial charge on any atom is 0.409 e. The highest BCUT2D eigenvalue weighted by atomic mass is 32.2. The number of rotatable bonds is 8. The molecule has 1 saturated carbocycles. The van der Waals surface area contributed by atoms with E-state index < -0.39 is 18.1 Å². The average molecular weight is 574 g/mol. The van der Waals surface area contributed by atoms with Gasteiger partial charge >= 0.3 is 6.18 Å². The number of aromatic nitrogens is 3. The van der Waals surface area contributed by atoms with Crippen LogP contribution in [0.2, 0.25) is 0 Å². The van der Waals surface area contributed by atoms with Crippen LogP contribution < -0.4 is 10.1 Å². The topological polar surface area (TPSA) is 105 Å². The SMILES string of the molecule is C=C(/N=C1\C(=C(C)C)N=C(NCc2ccc(SC)nc2)C(=O)N1[C@@H](C)C(F)(F)F)c1c(OC)ncnc1C1CC1. The minimum absolute atomic E-state index is 0.0758.